The third-order valence-electron chi connectivity index (χ3n) is 2.50. The molecule has 0 fully saturated rings. The number of aromatic nitrogens is 2. The minimum absolute atomic E-state index is 0.0824. The summed E-state index contributed by atoms with van der Waals surface area (Å²) >= 11 is 3.34. The summed E-state index contributed by atoms with van der Waals surface area (Å²) in [5, 5.41) is 7.58. The van der Waals surface area contributed by atoms with Gasteiger partial charge in [-0.1, -0.05) is 28.9 Å². The summed E-state index contributed by atoms with van der Waals surface area (Å²) in [4.78, 5) is -0.0976. The lowest BCUT2D eigenvalue weighted by Gasteiger charge is -2.06. The van der Waals surface area contributed by atoms with Crippen LogP contribution in [0.2, 0.25) is 0 Å². The van der Waals surface area contributed by atoms with E-state index in [4.69, 9.17) is 4.42 Å². The number of hydrogen-bond acceptors (Lipinski definition) is 3. The topological polar surface area (TPSA) is 38.9 Å². The highest BCUT2D eigenvalue weighted by Gasteiger charge is 2.30. The average molecular weight is 335 g/mol. The Balaban J connectivity index is 2.34. The Labute approximate surface area is 116 Å². The first-order valence-electron chi connectivity index (χ1n) is 5.57. The number of benzene rings is 1. The van der Waals surface area contributed by atoms with E-state index in [-0.39, 0.29) is 16.3 Å². The second-order valence-corrected chi connectivity index (χ2v) is 5.01. The molecule has 19 heavy (non-hydrogen) atoms. The fourth-order valence-corrected chi connectivity index (χ4v) is 1.67. The second kappa shape index (κ2) is 5.32. The fourth-order valence-electron chi connectivity index (χ4n) is 1.48. The van der Waals surface area contributed by atoms with Crippen LogP contribution < -0.4 is 0 Å². The van der Waals surface area contributed by atoms with Gasteiger partial charge in [0, 0.05) is 5.56 Å². The summed E-state index contributed by atoms with van der Waals surface area (Å²) < 4.78 is 43.1. The minimum Gasteiger partial charge on any atom is -0.419 e. The molecule has 0 aliphatic rings. The van der Waals surface area contributed by atoms with Crippen LogP contribution >= 0.6 is 15.9 Å². The lowest BCUT2D eigenvalue weighted by atomic mass is 10.1. The molecule has 3 nitrogen and oxygen atoms in total. The van der Waals surface area contributed by atoms with Gasteiger partial charge in [0.2, 0.25) is 11.8 Å². The van der Waals surface area contributed by atoms with Crippen molar-refractivity contribution in [2.45, 2.75) is 24.3 Å². The zero-order valence-corrected chi connectivity index (χ0v) is 11.5. The first kappa shape index (κ1) is 14.0. The molecule has 0 aliphatic heterocycles. The van der Waals surface area contributed by atoms with Crippen molar-refractivity contribution in [3.63, 3.8) is 0 Å². The van der Waals surface area contributed by atoms with Crippen LogP contribution in [-0.2, 0) is 6.18 Å². The molecular weight excluding hydrogens is 325 g/mol. The summed E-state index contributed by atoms with van der Waals surface area (Å²) in [6, 6.07) is 4.81. The quantitative estimate of drug-likeness (QED) is 0.770. The van der Waals surface area contributed by atoms with Crippen LogP contribution in [0.4, 0.5) is 13.2 Å². The van der Waals surface area contributed by atoms with Gasteiger partial charge in [0.05, 0.1) is 10.4 Å². The zero-order chi connectivity index (χ0) is 14.0. The highest BCUT2D eigenvalue weighted by atomic mass is 79.9. The van der Waals surface area contributed by atoms with E-state index >= 15 is 0 Å². The Hall–Kier alpha value is -1.37. The number of hydrogen-bond donors (Lipinski definition) is 0. The van der Waals surface area contributed by atoms with Crippen molar-refractivity contribution in [2.75, 3.05) is 0 Å². The van der Waals surface area contributed by atoms with Gasteiger partial charge in [-0.15, -0.1) is 10.2 Å². The largest absolute Gasteiger partial charge is 0.419 e. The molecular formula is C12H10BrF3N2O. The second-order valence-electron chi connectivity index (χ2n) is 3.90. The van der Waals surface area contributed by atoms with E-state index in [9.17, 15) is 13.2 Å². The molecule has 7 heteroatoms. The maximum absolute atomic E-state index is 12.6. The lowest BCUT2D eigenvalue weighted by Crippen LogP contribution is -2.04. The van der Waals surface area contributed by atoms with Gasteiger partial charge in [-0.3, -0.25) is 0 Å². The van der Waals surface area contributed by atoms with Crippen molar-refractivity contribution in [1.29, 1.82) is 0 Å². The molecule has 0 spiro atoms. The maximum Gasteiger partial charge on any atom is 0.416 e. The minimum atomic E-state index is -4.39. The van der Waals surface area contributed by atoms with E-state index in [0.717, 1.165) is 18.6 Å². The van der Waals surface area contributed by atoms with Crippen molar-refractivity contribution in [3.8, 4) is 11.5 Å². The van der Waals surface area contributed by atoms with Crippen molar-refractivity contribution in [3.05, 3.63) is 35.7 Å². The SMILES string of the molecule is CCC(Br)c1nnc(-c2cccc(C(F)(F)F)c2)o1. The number of rotatable bonds is 3. The summed E-state index contributed by atoms with van der Waals surface area (Å²) in [7, 11) is 0. The highest BCUT2D eigenvalue weighted by molar-refractivity contribution is 9.09. The van der Waals surface area contributed by atoms with Crippen LogP contribution in [-0.4, -0.2) is 10.2 Å². The summed E-state index contributed by atoms with van der Waals surface area (Å²) in [5.41, 5.74) is -0.486. The van der Waals surface area contributed by atoms with E-state index in [0.29, 0.717) is 5.89 Å². The molecule has 0 N–H and O–H groups in total. The normalized spacial score (nSPS) is 13.5. The molecule has 2 rings (SSSR count). The summed E-state index contributed by atoms with van der Waals surface area (Å²) in [6.45, 7) is 1.92. The first-order valence-corrected chi connectivity index (χ1v) is 6.48. The zero-order valence-electron chi connectivity index (χ0n) is 9.91. The van der Waals surface area contributed by atoms with Crippen molar-refractivity contribution < 1.29 is 17.6 Å². The molecule has 1 aromatic carbocycles. The Morgan fingerprint density at radius 1 is 1.32 bits per heavy atom. The summed E-state index contributed by atoms with van der Waals surface area (Å²) in [6.07, 6.45) is -3.65. The van der Waals surface area contributed by atoms with Gasteiger partial charge in [-0.2, -0.15) is 13.2 Å². The Morgan fingerprint density at radius 3 is 2.68 bits per heavy atom. The van der Waals surface area contributed by atoms with Gasteiger partial charge < -0.3 is 4.42 Å². The molecule has 0 saturated carbocycles. The monoisotopic (exact) mass is 334 g/mol. The van der Waals surface area contributed by atoms with E-state index < -0.39 is 11.7 Å². The van der Waals surface area contributed by atoms with Crippen molar-refractivity contribution in [2.24, 2.45) is 0 Å². The van der Waals surface area contributed by atoms with Crippen LogP contribution in [0.25, 0.3) is 11.5 Å². The molecule has 1 atom stereocenters. The van der Waals surface area contributed by atoms with Crippen LogP contribution in [0, 0.1) is 0 Å². The standard InChI is InChI=1S/C12H10BrF3N2O/c1-2-9(13)11-18-17-10(19-11)7-4-3-5-8(6-7)12(14,15)16/h3-6,9H,2H2,1H3. The van der Waals surface area contributed by atoms with Crippen molar-refractivity contribution in [1.82, 2.24) is 10.2 Å². The third kappa shape index (κ3) is 3.15. The van der Waals surface area contributed by atoms with Crippen LogP contribution in [0.1, 0.15) is 29.6 Å². The number of halogens is 4. The third-order valence-corrected chi connectivity index (χ3v) is 3.54. The molecule has 0 radical (unpaired) electrons. The Morgan fingerprint density at radius 2 is 2.05 bits per heavy atom. The Kier molecular flexibility index (Phi) is 3.93. The van der Waals surface area contributed by atoms with Crippen LogP contribution in [0.3, 0.4) is 0 Å². The molecule has 1 heterocycles. The van der Waals surface area contributed by atoms with Crippen LogP contribution in [0.15, 0.2) is 28.7 Å². The van der Waals surface area contributed by atoms with Gasteiger partial charge in [0.25, 0.3) is 0 Å². The fraction of sp³-hybridized carbons (Fsp3) is 0.333. The van der Waals surface area contributed by atoms with Gasteiger partial charge >= 0.3 is 6.18 Å². The van der Waals surface area contributed by atoms with Gasteiger partial charge in [0.1, 0.15) is 0 Å². The van der Waals surface area contributed by atoms with E-state index in [1.165, 1.54) is 12.1 Å². The van der Waals surface area contributed by atoms with Gasteiger partial charge in [-0.25, -0.2) is 0 Å². The summed E-state index contributed by atoms with van der Waals surface area (Å²) in [5.74, 6) is 0.439. The first-order chi connectivity index (χ1) is 8.91. The number of nitrogens with zero attached hydrogens (tertiary/aromatic N) is 2. The molecule has 0 aliphatic carbocycles. The predicted octanol–water partition coefficient (Wildman–Crippen LogP) is 4.60. The molecule has 1 unspecified atom stereocenters. The van der Waals surface area contributed by atoms with Gasteiger partial charge in [-0.05, 0) is 24.6 Å². The molecule has 102 valence electrons. The molecule has 0 amide bonds. The highest BCUT2D eigenvalue weighted by Crippen LogP contribution is 2.33. The predicted molar refractivity (Wildman–Crippen MR) is 66.7 cm³/mol. The van der Waals surface area contributed by atoms with E-state index in [1.807, 2.05) is 6.92 Å². The van der Waals surface area contributed by atoms with Crippen molar-refractivity contribution >= 4 is 15.9 Å². The molecule has 2 aromatic rings. The molecule has 0 bridgehead atoms. The average Bonchev–Trinajstić information content (AvgIpc) is 2.86. The molecule has 0 saturated heterocycles. The Bertz CT molecular complexity index is 568. The maximum atomic E-state index is 12.6. The lowest BCUT2D eigenvalue weighted by molar-refractivity contribution is -0.137. The van der Waals surface area contributed by atoms with E-state index in [1.54, 1.807) is 0 Å². The molecule has 1 aromatic heterocycles. The van der Waals surface area contributed by atoms with Gasteiger partial charge in [0.15, 0.2) is 0 Å². The number of alkyl halides is 4. The van der Waals surface area contributed by atoms with E-state index in [2.05, 4.69) is 26.1 Å². The van der Waals surface area contributed by atoms with Crippen LogP contribution in [0.5, 0.6) is 0 Å². The smallest absolute Gasteiger partial charge is 0.416 e.